The highest BCUT2D eigenvalue weighted by atomic mass is 35.5. The predicted octanol–water partition coefficient (Wildman–Crippen LogP) is 2.75. The lowest BCUT2D eigenvalue weighted by molar-refractivity contribution is 0.0458. The third-order valence-corrected chi connectivity index (χ3v) is 3.29. The Morgan fingerprint density at radius 2 is 2.09 bits per heavy atom. The van der Waals surface area contributed by atoms with Gasteiger partial charge in [0, 0.05) is 16.4 Å². The number of carbonyl (C=O) groups is 1. The first-order valence-electron chi connectivity index (χ1n) is 6.65. The van der Waals surface area contributed by atoms with Crippen molar-refractivity contribution in [1.82, 2.24) is 19.6 Å². The molecule has 0 spiro atoms. The lowest BCUT2D eigenvalue weighted by atomic mass is 10.2. The monoisotopic (exact) mass is 316 g/mol. The van der Waals surface area contributed by atoms with Gasteiger partial charge in [0.2, 0.25) is 0 Å². The van der Waals surface area contributed by atoms with Gasteiger partial charge in [-0.05, 0) is 37.6 Å². The molecule has 3 rings (SSSR count). The van der Waals surface area contributed by atoms with Gasteiger partial charge in [-0.2, -0.15) is 4.98 Å². The highest BCUT2D eigenvalue weighted by Crippen LogP contribution is 2.12. The van der Waals surface area contributed by atoms with Gasteiger partial charge in [0.05, 0.1) is 0 Å². The largest absolute Gasteiger partial charge is 0.455 e. The maximum atomic E-state index is 12.0. The molecule has 6 nitrogen and oxygen atoms in total. The first-order valence-corrected chi connectivity index (χ1v) is 7.03. The van der Waals surface area contributed by atoms with Crippen LogP contribution in [0, 0.1) is 13.8 Å². The molecule has 0 aliphatic heterocycles. The van der Waals surface area contributed by atoms with E-state index in [0.29, 0.717) is 10.8 Å². The second kappa shape index (κ2) is 5.73. The number of nitrogens with zero attached hydrogens (tertiary/aromatic N) is 4. The van der Waals surface area contributed by atoms with Crippen molar-refractivity contribution in [3.63, 3.8) is 0 Å². The van der Waals surface area contributed by atoms with Crippen LogP contribution in [-0.2, 0) is 11.3 Å². The molecule has 0 N–H and O–H groups in total. The topological polar surface area (TPSA) is 69.4 Å². The minimum absolute atomic E-state index is 0.0109. The normalized spacial score (nSPS) is 10.9. The van der Waals surface area contributed by atoms with E-state index in [-0.39, 0.29) is 12.4 Å². The smallest absolute Gasteiger partial charge is 0.378 e. The average Bonchev–Trinajstić information content (AvgIpc) is 2.89. The van der Waals surface area contributed by atoms with Crippen LogP contribution in [0.3, 0.4) is 0 Å². The average molecular weight is 317 g/mol. The zero-order valence-electron chi connectivity index (χ0n) is 12.1. The zero-order chi connectivity index (χ0) is 15.7. The van der Waals surface area contributed by atoms with Gasteiger partial charge in [-0.3, -0.25) is 0 Å². The van der Waals surface area contributed by atoms with E-state index in [1.165, 1.54) is 4.52 Å². The Morgan fingerprint density at radius 1 is 1.27 bits per heavy atom. The first-order chi connectivity index (χ1) is 10.5. The van der Waals surface area contributed by atoms with Crippen LogP contribution in [0.15, 0.2) is 30.3 Å². The quantitative estimate of drug-likeness (QED) is 0.695. The summed E-state index contributed by atoms with van der Waals surface area (Å²) in [6, 6.07) is 8.98. The number of aromatic nitrogens is 4. The molecule has 0 saturated heterocycles. The van der Waals surface area contributed by atoms with E-state index < -0.39 is 5.97 Å². The number of hydrogen-bond acceptors (Lipinski definition) is 5. The van der Waals surface area contributed by atoms with E-state index in [2.05, 4.69) is 15.1 Å². The number of hydrogen-bond donors (Lipinski definition) is 0. The lowest BCUT2D eigenvalue weighted by Crippen LogP contribution is -2.07. The van der Waals surface area contributed by atoms with Gasteiger partial charge < -0.3 is 4.74 Å². The summed E-state index contributed by atoms with van der Waals surface area (Å²) in [5, 5.41) is 4.72. The summed E-state index contributed by atoms with van der Waals surface area (Å²) in [6.45, 7) is 3.84. The van der Waals surface area contributed by atoms with Crippen molar-refractivity contribution in [2.24, 2.45) is 0 Å². The molecule has 0 fully saturated rings. The Balaban J connectivity index is 1.79. The molecule has 0 aliphatic rings. The number of carbonyl (C=O) groups excluding carboxylic acids is 1. The third kappa shape index (κ3) is 2.92. The molecule has 0 saturated carbocycles. The van der Waals surface area contributed by atoms with E-state index in [9.17, 15) is 4.79 Å². The third-order valence-electron chi connectivity index (χ3n) is 3.06. The summed E-state index contributed by atoms with van der Waals surface area (Å²) in [5.41, 5.74) is 2.47. The summed E-state index contributed by atoms with van der Waals surface area (Å²) in [6.07, 6.45) is 0. The molecule has 0 radical (unpaired) electrons. The van der Waals surface area contributed by atoms with Gasteiger partial charge >= 0.3 is 5.97 Å². The lowest BCUT2D eigenvalue weighted by Gasteiger charge is -2.02. The number of aryl methyl sites for hydroxylation is 2. The molecule has 112 valence electrons. The van der Waals surface area contributed by atoms with Crippen molar-refractivity contribution in [2.75, 3.05) is 0 Å². The van der Waals surface area contributed by atoms with Crippen LogP contribution >= 0.6 is 11.6 Å². The minimum Gasteiger partial charge on any atom is -0.455 e. The molecule has 0 aliphatic carbocycles. The summed E-state index contributed by atoms with van der Waals surface area (Å²) in [4.78, 5) is 20.4. The summed E-state index contributed by atoms with van der Waals surface area (Å²) < 4.78 is 6.72. The molecule has 2 aromatic heterocycles. The van der Waals surface area contributed by atoms with Gasteiger partial charge in [-0.1, -0.05) is 23.7 Å². The Hall–Kier alpha value is -2.47. The molecule has 22 heavy (non-hydrogen) atoms. The fraction of sp³-hybridized carbons (Fsp3) is 0.200. The fourth-order valence-corrected chi connectivity index (χ4v) is 2.31. The van der Waals surface area contributed by atoms with Crippen molar-refractivity contribution in [3.05, 3.63) is 58.1 Å². The van der Waals surface area contributed by atoms with Crippen LogP contribution in [0.4, 0.5) is 0 Å². The second-order valence-corrected chi connectivity index (χ2v) is 5.33. The second-order valence-electron chi connectivity index (χ2n) is 4.89. The maximum Gasteiger partial charge on any atom is 0.378 e. The van der Waals surface area contributed by atoms with Crippen LogP contribution in [0.2, 0.25) is 5.02 Å². The minimum atomic E-state index is -0.595. The van der Waals surface area contributed by atoms with Crippen LogP contribution < -0.4 is 0 Å². The molecule has 1 aromatic carbocycles. The maximum absolute atomic E-state index is 12.0. The molecule has 3 aromatic rings. The highest BCUT2D eigenvalue weighted by Gasteiger charge is 2.16. The molecule has 0 bridgehead atoms. The molecule has 0 unspecified atom stereocenters. The molecular weight excluding hydrogens is 304 g/mol. The molecule has 0 amide bonds. The van der Waals surface area contributed by atoms with Crippen molar-refractivity contribution in [2.45, 2.75) is 20.5 Å². The summed E-state index contributed by atoms with van der Waals surface area (Å²) in [5.74, 6) is -0.224. The number of fused-ring (bicyclic) bond motifs is 1. The number of esters is 1. The standard InChI is InChI=1S/C15H13ClN4O2/c1-9-6-10(2)20-15(17-9)18-13(19-20)14(21)22-8-11-4-3-5-12(16)7-11/h3-7H,8H2,1-2H3. The van der Waals surface area contributed by atoms with Crippen molar-refractivity contribution in [3.8, 4) is 0 Å². The molecule has 2 heterocycles. The first kappa shape index (κ1) is 14.5. The zero-order valence-corrected chi connectivity index (χ0v) is 12.8. The van der Waals surface area contributed by atoms with Crippen LogP contribution in [0.25, 0.3) is 5.78 Å². The Labute approximate surface area is 131 Å². The van der Waals surface area contributed by atoms with E-state index in [1.807, 2.05) is 26.0 Å². The van der Waals surface area contributed by atoms with E-state index in [1.54, 1.807) is 18.2 Å². The Morgan fingerprint density at radius 3 is 2.86 bits per heavy atom. The fourth-order valence-electron chi connectivity index (χ4n) is 2.09. The van der Waals surface area contributed by atoms with Gasteiger partial charge in [0.25, 0.3) is 11.6 Å². The van der Waals surface area contributed by atoms with E-state index in [4.69, 9.17) is 16.3 Å². The van der Waals surface area contributed by atoms with Crippen LogP contribution in [-0.4, -0.2) is 25.6 Å². The van der Waals surface area contributed by atoms with Gasteiger partial charge in [0.15, 0.2) is 0 Å². The van der Waals surface area contributed by atoms with E-state index >= 15 is 0 Å². The summed E-state index contributed by atoms with van der Waals surface area (Å²) >= 11 is 5.89. The van der Waals surface area contributed by atoms with Gasteiger partial charge in [0.1, 0.15) is 6.61 Å². The summed E-state index contributed by atoms with van der Waals surface area (Å²) in [7, 11) is 0. The van der Waals surface area contributed by atoms with E-state index in [0.717, 1.165) is 17.0 Å². The number of halogens is 1. The molecular formula is C15H13ClN4O2. The number of rotatable bonds is 3. The number of ether oxygens (including phenoxy) is 1. The Bertz CT molecular complexity index is 860. The van der Waals surface area contributed by atoms with Crippen molar-refractivity contribution in [1.29, 1.82) is 0 Å². The SMILES string of the molecule is Cc1cc(C)n2nc(C(=O)OCc3cccc(Cl)c3)nc2n1. The molecule has 7 heteroatoms. The van der Waals surface area contributed by atoms with Gasteiger partial charge in [-0.25, -0.2) is 14.3 Å². The van der Waals surface area contributed by atoms with Crippen LogP contribution in [0.5, 0.6) is 0 Å². The highest BCUT2D eigenvalue weighted by molar-refractivity contribution is 6.30. The van der Waals surface area contributed by atoms with Crippen LogP contribution in [0.1, 0.15) is 27.6 Å². The molecule has 0 atom stereocenters. The van der Waals surface area contributed by atoms with Crippen molar-refractivity contribution < 1.29 is 9.53 Å². The van der Waals surface area contributed by atoms with Gasteiger partial charge in [-0.15, -0.1) is 5.10 Å². The number of benzene rings is 1. The predicted molar refractivity (Wildman–Crippen MR) is 80.8 cm³/mol. The van der Waals surface area contributed by atoms with Crippen molar-refractivity contribution >= 4 is 23.3 Å². The Kier molecular flexibility index (Phi) is 3.77.